The minimum absolute atomic E-state index is 0. The normalized spacial score (nSPS) is 9.00. The van der Waals surface area contributed by atoms with E-state index in [-0.39, 0.29) is 65.4 Å². The quantitative estimate of drug-likeness (QED) is 0.172. The number of rotatable bonds is 0. The summed E-state index contributed by atoms with van der Waals surface area (Å²) in [5, 5.41) is 22.8. The molecule has 0 fully saturated rings. The molecule has 7 aromatic rings. The molecule has 0 bridgehead atoms. The number of aromatic nitrogens is 6. The van der Waals surface area contributed by atoms with Gasteiger partial charge in [-0.3, -0.25) is 10.2 Å². The van der Waals surface area contributed by atoms with Crippen LogP contribution in [0.3, 0.4) is 0 Å². The third kappa shape index (κ3) is 11.6. The molecular formula is C31H28N6Y2-4. The van der Waals surface area contributed by atoms with Crippen molar-refractivity contribution in [2.75, 3.05) is 0 Å². The SMILES string of the molecule is CC.Cc1cccc2[c-]cccc12.[Y].[Y].[c-]1ccc2[nH]nnc2c1.[c-]1ccc2[nH]nnc2c1.[c-]1ccccc1. The molecular weight excluding hydrogens is 634 g/mol. The van der Waals surface area contributed by atoms with Crippen LogP contribution >= 0.6 is 0 Å². The van der Waals surface area contributed by atoms with E-state index in [1.807, 2.05) is 80.6 Å². The number of nitrogens with one attached hydrogen (secondary N) is 2. The summed E-state index contributed by atoms with van der Waals surface area (Å²) >= 11 is 0. The molecule has 0 atom stereocenters. The number of aromatic amines is 2. The summed E-state index contributed by atoms with van der Waals surface area (Å²) in [6.07, 6.45) is 0. The Hall–Kier alpha value is -2.63. The molecule has 2 heterocycles. The Morgan fingerprint density at radius 1 is 0.590 bits per heavy atom. The van der Waals surface area contributed by atoms with Crippen LogP contribution in [0.5, 0.6) is 0 Å². The number of benzene rings is 5. The van der Waals surface area contributed by atoms with Gasteiger partial charge in [0.15, 0.2) is 0 Å². The molecule has 2 N–H and O–H groups in total. The van der Waals surface area contributed by atoms with Crippen molar-refractivity contribution in [1.29, 1.82) is 0 Å². The van der Waals surface area contributed by atoms with Crippen LogP contribution in [0.4, 0.5) is 0 Å². The van der Waals surface area contributed by atoms with Crippen LogP contribution in [-0.2, 0) is 65.4 Å². The van der Waals surface area contributed by atoms with E-state index in [0.717, 1.165) is 22.1 Å². The van der Waals surface area contributed by atoms with Crippen molar-refractivity contribution in [3.05, 3.63) is 133 Å². The summed E-state index contributed by atoms with van der Waals surface area (Å²) in [7, 11) is 0. The molecule has 0 spiro atoms. The van der Waals surface area contributed by atoms with Crippen molar-refractivity contribution in [3.8, 4) is 0 Å². The number of nitrogens with zero attached hydrogens (tertiary/aromatic N) is 4. The average Bonchev–Trinajstić information content (AvgIpc) is 3.66. The van der Waals surface area contributed by atoms with E-state index >= 15 is 0 Å². The van der Waals surface area contributed by atoms with Gasteiger partial charge in [0, 0.05) is 76.5 Å². The van der Waals surface area contributed by atoms with Crippen molar-refractivity contribution in [2.24, 2.45) is 0 Å². The fourth-order valence-electron chi connectivity index (χ4n) is 3.12. The van der Waals surface area contributed by atoms with E-state index in [1.165, 1.54) is 16.3 Å². The Bertz CT molecular complexity index is 1420. The Kier molecular flexibility index (Phi) is 17.9. The molecule has 192 valence electrons. The van der Waals surface area contributed by atoms with Crippen LogP contribution in [-0.4, -0.2) is 30.8 Å². The second-order valence-corrected chi connectivity index (χ2v) is 7.29. The Morgan fingerprint density at radius 2 is 1.18 bits per heavy atom. The average molecular weight is 662 g/mol. The molecule has 8 heteroatoms. The van der Waals surface area contributed by atoms with Gasteiger partial charge in [-0.1, -0.05) is 35.9 Å². The largest absolute Gasteiger partial charge is 0.283 e. The standard InChI is InChI=1S/C11H9.2C6H4N3.C6H5.C2H6.2Y/c1-9-5-4-7-10-6-2-3-8-11(9)10;2*1-2-4-6-5(3-1)7-9-8-6;1-2-4-6-5-3-1;1-2;;/h2-5,7-8H,1H3;2*1,3-4H,(H,7,8,9);1-5H;1-2H3;;/q4*-1;;;. The first-order valence-corrected chi connectivity index (χ1v) is 11.9. The van der Waals surface area contributed by atoms with Crippen molar-refractivity contribution >= 4 is 32.8 Å². The zero-order valence-corrected chi connectivity index (χ0v) is 27.9. The summed E-state index contributed by atoms with van der Waals surface area (Å²) in [5.74, 6) is 0. The van der Waals surface area contributed by atoms with Crippen LogP contribution in [0.1, 0.15) is 19.4 Å². The van der Waals surface area contributed by atoms with Crippen LogP contribution in [0.2, 0.25) is 0 Å². The number of H-pyrrole nitrogens is 2. The molecule has 2 radical (unpaired) electrons. The molecule has 0 amide bonds. The maximum absolute atomic E-state index is 3.78. The third-order valence-corrected chi connectivity index (χ3v) is 4.87. The molecule has 5 aromatic carbocycles. The monoisotopic (exact) mass is 662 g/mol. The zero-order chi connectivity index (χ0) is 26.1. The predicted octanol–water partition coefficient (Wildman–Crippen LogP) is 6.97. The molecule has 0 aliphatic carbocycles. The van der Waals surface area contributed by atoms with Gasteiger partial charge in [-0.15, -0.1) is 71.4 Å². The molecule has 0 saturated heterocycles. The van der Waals surface area contributed by atoms with Gasteiger partial charge in [-0.25, -0.2) is 0 Å². The van der Waals surface area contributed by atoms with E-state index in [2.05, 4.69) is 86.3 Å². The van der Waals surface area contributed by atoms with Gasteiger partial charge in [0.25, 0.3) is 0 Å². The van der Waals surface area contributed by atoms with Gasteiger partial charge in [0.05, 0.1) is 0 Å². The minimum atomic E-state index is 0. The van der Waals surface area contributed by atoms with Gasteiger partial charge in [0.1, 0.15) is 0 Å². The molecule has 0 saturated carbocycles. The first-order valence-electron chi connectivity index (χ1n) is 11.9. The number of hydrogen-bond donors (Lipinski definition) is 2. The van der Waals surface area contributed by atoms with Gasteiger partial charge >= 0.3 is 0 Å². The third-order valence-electron chi connectivity index (χ3n) is 4.87. The van der Waals surface area contributed by atoms with E-state index in [0.29, 0.717) is 0 Å². The van der Waals surface area contributed by atoms with Crippen molar-refractivity contribution in [3.63, 3.8) is 0 Å². The van der Waals surface area contributed by atoms with Gasteiger partial charge in [-0.05, 0) is 18.0 Å². The maximum Gasteiger partial charge on any atom is 0.00107 e. The van der Waals surface area contributed by atoms with Crippen LogP contribution in [0, 0.1) is 31.2 Å². The molecule has 7 rings (SSSR count). The van der Waals surface area contributed by atoms with E-state index in [9.17, 15) is 0 Å². The Balaban J connectivity index is 0.000000254. The van der Waals surface area contributed by atoms with E-state index in [4.69, 9.17) is 0 Å². The summed E-state index contributed by atoms with van der Waals surface area (Å²) in [4.78, 5) is 0. The van der Waals surface area contributed by atoms with Gasteiger partial charge in [-0.2, -0.15) is 70.9 Å². The number of aryl methyl sites for hydroxylation is 1. The summed E-state index contributed by atoms with van der Waals surface area (Å²) in [5.41, 5.74) is 4.94. The summed E-state index contributed by atoms with van der Waals surface area (Å²) in [6, 6.07) is 44.8. The summed E-state index contributed by atoms with van der Waals surface area (Å²) < 4.78 is 0. The smallest absolute Gasteiger partial charge is 0.00107 e. The van der Waals surface area contributed by atoms with Crippen LogP contribution in [0.25, 0.3) is 32.8 Å². The molecule has 2 aromatic heterocycles. The molecule has 0 aliphatic heterocycles. The second-order valence-electron chi connectivity index (χ2n) is 7.29. The molecule has 6 nitrogen and oxygen atoms in total. The molecule has 0 unspecified atom stereocenters. The minimum Gasteiger partial charge on any atom is -0.283 e. The predicted molar refractivity (Wildman–Crippen MR) is 150 cm³/mol. The van der Waals surface area contributed by atoms with Crippen LogP contribution < -0.4 is 0 Å². The van der Waals surface area contributed by atoms with Crippen LogP contribution in [0.15, 0.2) is 103 Å². The van der Waals surface area contributed by atoms with Crippen molar-refractivity contribution in [1.82, 2.24) is 30.8 Å². The van der Waals surface area contributed by atoms with E-state index < -0.39 is 0 Å². The second kappa shape index (κ2) is 20.3. The Labute approximate surface area is 280 Å². The van der Waals surface area contributed by atoms with E-state index in [1.54, 1.807) is 12.1 Å². The fraction of sp³-hybridized carbons (Fsp3) is 0.0968. The zero-order valence-electron chi connectivity index (χ0n) is 22.3. The topological polar surface area (TPSA) is 83.1 Å². The first kappa shape index (κ1) is 34.4. The maximum atomic E-state index is 3.78. The molecule has 39 heavy (non-hydrogen) atoms. The van der Waals surface area contributed by atoms with Crippen molar-refractivity contribution in [2.45, 2.75) is 20.8 Å². The number of fused-ring (bicyclic) bond motifs is 3. The summed E-state index contributed by atoms with van der Waals surface area (Å²) in [6.45, 7) is 6.12. The molecule has 0 aliphatic rings. The van der Waals surface area contributed by atoms with Crippen molar-refractivity contribution < 1.29 is 65.4 Å². The fourth-order valence-corrected chi connectivity index (χ4v) is 3.12. The Morgan fingerprint density at radius 3 is 1.64 bits per heavy atom. The first-order chi connectivity index (χ1) is 18.3. The van der Waals surface area contributed by atoms with Gasteiger partial charge < -0.3 is 0 Å². The van der Waals surface area contributed by atoms with Gasteiger partial charge in [0.2, 0.25) is 0 Å². The number of hydrogen-bond acceptors (Lipinski definition) is 4.